The third-order valence-electron chi connectivity index (χ3n) is 6.71. The van der Waals surface area contributed by atoms with Crippen molar-refractivity contribution in [3.8, 4) is 17.1 Å². The van der Waals surface area contributed by atoms with Gasteiger partial charge in [0.2, 0.25) is 5.88 Å². The molecule has 5 rings (SSSR count). The van der Waals surface area contributed by atoms with Gasteiger partial charge >= 0.3 is 6.18 Å². The lowest BCUT2D eigenvalue weighted by molar-refractivity contribution is -0.137. The van der Waals surface area contributed by atoms with Gasteiger partial charge in [0.15, 0.2) is 0 Å². The molecule has 4 unspecified atom stereocenters. The average molecular weight is 532 g/mol. The van der Waals surface area contributed by atoms with Gasteiger partial charge in [-0.15, -0.1) is 0 Å². The normalized spacial score (nSPS) is 23.9. The van der Waals surface area contributed by atoms with Crippen molar-refractivity contribution < 1.29 is 22.7 Å². The van der Waals surface area contributed by atoms with Gasteiger partial charge in [0.1, 0.15) is 10.7 Å². The number of pyridine rings is 2. The van der Waals surface area contributed by atoms with E-state index in [1.165, 1.54) is 6.07 Å². The van der Waals surface area contributed by atoms with Gasteiger partial charge in [0.05, 0.1) is 17.3 Å². The van der Waals surface area contributed by atoms with E-state index in [9.17, 15) is 18.0 Å². The molecule has 176 valence electrons. The Kier molecular flexibility index (Phi) is 5.83. The van der Waals surface area contributed by atoms with Crippen LogP contribution in [0.25, 0.3) is 11.3 Å². The number of carbonyl (C=O) groups excluding carboxylic acids is 1. The first-order valence-electron chi connectivity index (χ1n) is 11.0. The van der Waals surface area contributed by atoms with Crippen molar-refractivity contribution in [3.63, 3.8) is 0 Å². The largest absolute Gasteiger partial charge is 0.472 e. The highest BCUT2D eigenvalue weighted by Crippen LogP contribution is 2.45. The molecule has 3 aromatic rings. The first-order valence-corrected chi connectivity index (χ1v) is 11.8. The lowest BCUT2D eigenvalue weighted by Crippen LogP contribution is -2.51. The molecule has 34 heavy (non-hydrogen) atoms. The third-order valence-corrected chi connectivity index (χ3v) is 7.15. The van der Waals surface area contributed by atoms with Crippen LogP contribution in [0.3, 0.4) is 0 Å². The third kappa shape index (κ3) is 4.17. The van der Waals surface area contributed by atoms with Crippen LogP contribution in [0.2, 0.25) is 0 Å². The Morgan fingerprint density at radius 3 is 2.56 bits per heavy atom. The number of hydrogen-bond acceptors (Lipinski definition) is 4. The van der Waals surface area contributed by atoms with Crippen LogP contribution >= 0.6 is 15.9 Å². The highest BCUT2D eigenvalue weighted by Gasteiger charge is 2.53. The lowest BCUT2D eigenvalue weighted by Gasteiger charge is -2.38. The average Bonchev–Trinajstić information content (AvgIpc) is 3.36. The Balaban J connectivity index is 1.39. The molecule has 4 atom stereocenters. The zero-order valence-corrected chi connectivity index (χ0v) is 19.8. The minimum atomic E-state index is -4.45. The van der Waals surface area contributed by atoms with E-state index in [0.29, 0.717) is 15.9 Å². The molecule has 1 aliphatic heterocycles. The van der Waals surface area contributed by atoms with E-state index in [1.807, 2.05) is 48.2 Å². The van der Waals surface area contributed by atoms with Crippen LogP contribution in [0, 0.1) is 5.92 Å². The van der Waals surface area contributed by atoms with Gasteiger partial charge in [0.25, 0.3) is 5.91 Å². The van der Waals surface area contributed by atoms with E-state index in [-0.39, 0.29) is 35.9 Å². The second-order valence-electron chi connectivity index (χ2n) is 8.68. The molecule has 9 heteroatoms. The SMILES string of the molecule is CC1C2CC(Oc3ccc(C(F)(F)F)cn3)C(C2)N1C(=O)c1ccccc1-c1cccc(Br)n1. The van der Waals surface area contributed by atoms with E-state index in [2.05, 4.69) is 25.9 Å². The Morgan fingerprint density at radius 2 is 1.88 bits per heavy atom. The smallest absolute Gasteiger partial charge is 0.417 e. The van der Waals surface area contributed by atoms with Crippen LogP contribution < -0.4 is 4.74 Å². The maximum Gasteiger partial charge on any atom is 0.417 e. The molecule has 2 aromatic heterocycles. The summed E-state index contributed by atoms with van der Waals surface area (Å²) in [5, 5.41) is 0. The summed E-state index contributed by atoms with van der Waals surface area (Å²) in [7, 11) is 0. The van der Waals surface area contributed by atoms with Crippen LogP contribution in [-0.4, -0.2) is 39.0 Å². The predicted molar refractivity (Wildman–Crippen MR) is 123 cm³/mol. The van der Waals surface area contributed by atoms with Crippen molar-refractivity contribution in [1.29, 1.82) is 0 Å². The first-order chi connectivity index (χ1) is 16.2. The van der Waals surface area contributed by atoms with Crippen LogP contribution in [0.1, 0.15) is 35.7 Å². The molecule has 0 radical (unpaired) electrons. The predicted octanol–water partition coefficient (Wildman–Crippen LogP) is 6.00. The lowest BCUT2D eigenvalue weighted by atomic mass is 9.96. The zero-order chi connectivity index (χ0) is 24.0. The van der Waals surface area contributed by atoms with E-state index in [1.54, 1.807) is 6.07 Å². The molecule has 1 saturated carbocycles. The molecule has 1 aliphatic carbocycles. The van der Waals surface area contributed by atoms with E-state index >= 15 is 0 Å². The number of piperidine rings is 1. The number of benzene rings is 1. The maximum atomic E-state index is 13.8. The molecule has 1 amide bonds. The highest BCUT2D eigenvalue weighted by molar-refractivity contribution is 9.10. The maximum absolute atomic E-state index is 13.8. The van der Waals surface area contributed by atoms with Crippen molar-refractivity contribution in [2.24, 2.45) is 5.92 Å². The van der Waals surface area contributed by atoms with Gasteiger partial charge in [0, 0.05) is 29.4 Å². The quantitative estimate of drug-likeness (QED) is 0.387. The minimum absolute atomic E-state index is 0.0291. The van der Waals surface area contributed by atoms with Crippen molar-refractivity contribution >= 4 is 21.8 Å². The van der Waals surface area contributed by atoms with E-state index in [0.717, 1.165) is 30.7 Å². The summed E-state index contributed by atoms with van der Waals surface area (Å²) < 4.78 is 45.2. The number of fused-ring (bicyclic) bond motifs is 2. The molecule has 1 aromatic carbocycles. The van der Waals surface area contributed by atoms with Crippen molar-refractivity contribution in [2.75, 3.05) is 0 Å². The van der Waals surface area contributed by atoms with Crippen LogP contribution in [-0.2, 0) is 6.18 Å². The molecule has 3 heterocycles. The fourth-order valence-electron chi connectivity index (χ4n) is 5.05. The topological polar surface area (TPSA) is 55.3 Å². The van der Waals surface area contributed by atoms with Crippen molar-refractivity contribution in [1.82, 2.24) is 14.9 Å². The van der Waals surface area contributed by atoms with Crippen molar-refractivity contribution in [3.05, 3.63) is 76.5 Å². The molecule has 1 saturated heterocycles. The summed E-state index contributed by atoms with van der Waals surface area (Å²) >= 11 is 3.39. The van der Waals surface area contributed by atoms with Gasteiger partial charge in [-0.1, -0.05) is 24.3 Å². The number of halogens is 4. The number of ether oxygens (including phenoxy) is 1. The van der Waals surface area contributed by atoms with E-state index < -0.39 is 11.7 Å². The number of aromatic nitrogens is 2. The van der Waals surface area contributed by atoms with Gasteiger partial charge < -0.3 is 9.64 Å². The Bertz CT molecular complexity index is 1220. The molecular weight excluding hydrogens is 511 g/mol. The fraction of sp³-hybridized carbons (Fsp3) is 0.320. The number of amides is 1. The summed E-state index contributed by atoms with van der Waals surface area (Å²) in [5.74, 6) is 0.278. The fourth-order valence-corrected chi connectivity index (χ4v) is 5.40. The highest BCUT2D eigenvalue weighted by atomic mass is 79.9. The number of nitrogens with zero attached hydrogens (tertiary/aromatic N) is 3. The molecule has 2 aliphatic rings. The molecule has 0 N–H and O–H groups in total. The number of rotatable bonds is 4. The molecule has 5 nitrogen and oxygen atoms in total. The number of carbonyl (C=O) groups is 1. The Hall–Kier alpha value is -2.94. The van der Waals surface area contributed by atoms with E-state index in [4.69, 9.17) is 4.74 Å². The van der Waals surface area contributed by atoms with Gasteiger partial charge in [-0.05, 0) is 65.9 Å². The monoisotopic (exact) mass is 531 g/mol. The zero-order valence-electron chi connectivity index (χ0n) is 18.2. The number of hydrogen-bond donors (Lipinski definition) is 0. The molecule has 2 fully saturated rings. The van der Waals surface area contributed by atoms with Gasteiger partial charge in [-0.3, -0.25) is 4.79 Å². The summed E-state index contributed by atoms with van der Waals surface area (Å²) in [6.45, 7) is 2.04. The summed E-state index contributed by atoms with van der Waals surface area (Å²) in [5.41, 5.74) is 1.16. The minimum Gasteiger partial charge on any atom is -0.472 e. The van der Waals surface area contributed by atoms with Gasteiger partial charge in [-0.25, -0.2) is 9.97 Å². The summed E-state index contributed by atoms with van der Waals surface area (Å²) in [6.07, 6.45) is -2.49. The second kappa shape index (κ2) is 8.69. The molecular formula is C25H21BrF3N3O2. The number of likely N-dealkylation sites (tertiary alicyclic amines) is 1. The van der Waals surface area contributed by atoms with Crippen LogP contribution in [0.4, 0.5) is 13.2 Å². The van der Waals surface area contributed by atoms with Gasteiger partial charge in [-0.2, -0.15) is 13.2 Å². The Labute approximate surface area is 203 Å². The summed E-state index contributed by atoms with van der Waals surface area (Å²) in [6, 6.07) is 15.0. The standard InChI is InChI=1S/C25H21BrF3N3O2/c1-14-15-11-20(21(12-15)34-23-10-9-16(13-30-23)25(27,28)29)32(14)24(33)18-6-3-2-5-17(18)19-7-4-8-22(26)31-19/h2-10,13-15,20-21H,11-12H2,1H3. The molecule has 0 spiro atoms. The Morgan fingerprint density at radius 1 is 1.09 bits per heavy atom. The molecule has 2 bridgehead atoms. The first kappa shape index (κ1) is 22.8. The van der Waals surface area contributed by atoms with Crippen LogP contribution in [0.5, 0.6) is 5.88 Å². The second-order valence-corrected chi connectivity index (χ2v) is 9.49. The van der Waals surface area contributed by atoms with Crippen LogP contribution in [0.15, 0.2) is 65.4 Å². The number of alkyl halides is 3. The summed E-state index contributed by atoms with van der Waals surface area (Å²) in [4.78, 5) is 24.0. The van der Waals surface area contributed by atoms with Crippen molar-refractivity contribution in [2.45, 2.75) is 44.1 Å².